The highest BCUT2D eigenvalue weighted by Gasteiger charge is 2.42. The molecular formula is C10H14F3NO3. The van der Waals surface area contributed by atoms with Crippen molar-refractivity contribution in [3.05, 3.63) is 0 Å². The average Bonchev–Trinajstić information content (AvgIpc) is 2.23. The van der Waals surface area contributed by atoms with Crippen LogP contribution in [0, 0.1) is 5.92 Å². The first-order valence-electron chi connectivity index (χ1n) is 5.02. The number of alkyl halides is 3. The zero-order valence-corrected chi connectivity index (χ0v) is 9.80. The number of carbonyl (C=O) groups excluding carboxylic acids is 2. The van der Waals surface area contributed by atoms with Gasteiger partial charge < -0.3 is 4.74 Å². The standard InChI is InChI=1S/C10H14F3NO3/c1-4-5-6(2)8(15)14-7(9(16)17-3)10(11,12)13/h6H,4-5H2,1-3H3/b14-7-. The van der Waals surface area contributed by atoms with Crippen molar-refractivity contribution in [1.82, 2.24) is 0 Å². The van der Waals surface area contributed by atoms with Gasteiger partial charge in [-0.05, 0) is 6.42 Å². The first-order chi connectivity index (χ1) is 7.73. The summed E-state index contributed by atoms with van der Waals surface area (Å²) in [5, 5.41) is 0. The fourth-order valence-electron chi connectivity index (χ4n) is 1.10. The number of halogens is 3. The molecule has 0 aliphatic rings. The van der Waals surface area contributed by atoms with Crippen LogP contribution in [0.15, 0.2) is 4.99 Å². The Balaban J connectivity index is 5.06. The summed E-state index contributed by atoms with van der Waals surface area (Å²) in [6.07, 6.45) is -3.94. The molecule has 0 saturated heterocycles. The minimum absolute atomic E-state index is 0.411. The van der Waals surface area contributed by atoms with Crippen molar-refractivity contribution in [2.75, 3.05) is 7.11 Å². The number of methoxy groups -OCH3 is 1. The van der Waals surface area contributed by atoms with Crippen LogP contribution >= 0.6 is 0 Å². The van der Waals surface area contributed by atoms with Crippen molar-refractivity contribution in [3.63, 3.8) is 0 Å². The fourth-order valence-corrected chi connectivity index (χ4v) is 1.10. The van der Waals surface area contributed by atoms with Crippen LogP contribution in [0.25, 0.3) is 0 Å². The minimum Gasteiger partial charge on any atom is -0.464 e. The first kappa shape index (κ1) is 15.6. The Bertz CT molecular complexity index is 323. The Morgan fingerprint density at radius 1 is 1.35 bits per heavy atom. The summed E-state index contributed by atoms with van der Waals surface area (Å²) in [7, 11) is 0.795. The minimum atomic E-state index is -4.99. The highest BCUT2D eigenvalue weighted by atomic mass is 19.4. The molecule has 0 heterocycles. The molecule has 0 saturated carbocycles. The van der Waals surface area contributed by atoms with Crippen molar-refractivity contribution in [2.45, 2.75) is 32.9 Å². The molecule has 0 aromatic heterocycles. The molecule has 4 nitrogen and oxygen atoms in total. The summed E-state index contributed by atoms with van der Waals surface area (Å²) in [5.74, 6) is -3.28. The van der Waals surface area contributed by atoms with E-state index in [1.54, 1.807) is 6.92 Å². The smallest absolute Gasteiger partial charge is 0.440 e. The Hall–Kier alpha value is -1.40. The topological polar surface area (TPSA) is 55.7 Å². The second-order valence-electron chi connectivity index (χ2n) is 3.48. The predicted octanol–water partition coefficient (Wildman–Crippen LogP) is 2.13. The van der Waals surface area contributed by atoms with Gasteiger partial charge >= 0.3 is 12.1 Å². The highest BCUT2D eigenvalue weighted by Crippen LogP contribution is 2.19. The van der Waals surface area contributed by atoms with Gasteiger partial charge in [0.15, 0.2) is 0 Å². The van der Waals surface area contributed by atoms with Crippen LogP contribution in [-0.4, -0.2) is 30.9 Å². The third kappa shape index (κ3) is 4.97. The molecule has 1 atom stereocenters. The number of hydrogen-bond donors (Lipinski definition) is 0. The maximum absolute atomic E-state index is 12.4. The molecule has 0 aliphatic heterocycles. The van der Waals surface area contributed by atoms with Crippen molar-refractivity contribution in [1.29, 1.82) is 0 Å². The summed E-state index contributed by atoms with van der Waals surface area (Å²) in [5.41, 5.74) is -1.81. The van der Waals surface area contributed by atoms with Gasteiger partial charge in [0.2, 0.25) is 11.6 Å². The number of ether oxygens (including phenoxy) is 1. The van der Waals surface area contributed by atoms with E-state index in [4.69, 9.17) is 0 Å². The summed E-state index contributed by atoms with van der Waals surface area (Å²) in [6.45, 7) is 3.25. The van der Waals surface area contributed by atoms with E-state index in [0.717, 1.165) is 7.11 Å². The Kier molecular flexibility index (Phi) is 5.84. The zero-order valence-electron chi connectivity index (χ0n) is 9.80. The number of rotatable bonds is 4. The summed E-state index contributed by atoms with van der Waals surface area (Å²) in [6, 6.07) is 0. The largest absolute Gasteiger partial charge is 0.464 e. The molecule has 0 aromatic rings. The number of nitrogens with zero attached hydrogens (tertiary/aromatic N) is 1. The van der Waals surface area contributed by atoms with E-state index in [-0.39, 0.29) is 0 Å². The Morgan fingerprint density at radius 2 is 1.88 bits per heavy atom. The third-order valence-corrected chi connectivity index (χ3v) is 2.01. The van der Waals surface area contributed by atoms with E-state index in [1.807, 2.05) is 0 Å². The Labute approximate surface area is 96.9 Å². The lowest BCUT2D eigenvalue weighted by molar-refractivity contribution is -0.137. The molecule has 17 heavy (non-hydrogen) atoms. The number of hydrogen-bond acceptors (Lipinski definition) is 3. The van der Waals surface area contributed by atoms with Gasteiger partial charge in [-0.2, -0.15) is 13.2 Å². The molecule has 1 amide bonds. The molecule has 0 aromatic carbocycles. The molecule has 98 valence electrons. The van der Waals surface area contributed by atoms with E-state index in [1.165, 1.54) is 6.92 Å². The maximum atomic E-state index is 12.4. The van der Waals surface area contributed by atoms with Gasteiger partial charge in [0.1, 0.15) is 0 Å². The molecule has 0 bridgehead atoms. The van der Waals surface area contributed by atoms with Crippen LogP contribution in [0.1, 0.15) is 26.7 Å². The molecule has 7 heteroatoms. The van der Waals surface area contributed by atoms with Crippen LogP contribution in [0.2, 0.25) is 0 Å². The molecule has 0 N–H and O–H groups in total. The molecule has 1 unspecified atom stereocenters. The second-order valence-corrected chi connectivity index (χ2v) is 3.48. The van der Waals surface area contributed by atoms with E-state index in [0.29, 0.717) is 12.8 Å². The van der Waals surface area contributed by atoms with Crippen LogP contribution in [-0.2, 0) is 14.3 Å². The normalized spacial score (nSPS) is 14.4. The predicted molar refractivity (Wildman–Crippen MR) is 54.6 cm³/mol. The van der Waals surface area contributed by atoms with E-state index >= 15 is 0 Å². The van der Waals surface area contributed by atoms with E-state index < -0.39 is 29.7 Å². The van der Waals surface area contributed by atoms with Crippen molar-refractivity contribution in [2.24, 2.45) is 10.9 Å². The number of esters is 1. The molecule has 0 rings (SSSR count). The monoisotopic (exact) mass is 253 g/mol. The average molecular weight is 253 g/mol. The lowest BCUT2D eigenvalue weighted by Gasteiger charge is -2.09. The molecule has 0 fully saturated rings. The number of carbonyl (C=O) groups is 2. The van der Waals surface area contributed by atoms with Crippen molar-refractivity contribution in [3.8, 4) is 0 Å². The van der Waals surface area contributed by atoms with Gasteiger partial charge in [-0.1, -0.05) is 20.3 Å². The lowest BCUT2D eigenvalue weighted by Crippen LogP contribution is -2.33. The van der Waals surface area contributed by atoms with Crippen LogP contribution in [0.3, 0.4) is 0 Å². The van der Waals surface area contributed by atoms with Gasteiger partial charge in [0.05, 0.1) is 7.11 Å². The lowest BCUT2D eigenvalue weighted by atomic mass is 10.1. The van der Waals surface area contributed by atoms with Gasteiger partial charge in [-0.25, -0.2) is 9.79 Å². The van der Waals surface area contributed by atoms with E-state index in [2.05, 4.69) is 9.73 Å². The number of amides is 1. The molecule has 0 spiro atoms. The maximum Gasteiger partial charge on any atom is 0.440 e. The first-order valence-corrected chi connectivity index (χ1v) is 5.02. The van der Waals surface area contributed by atoms with Gasteiger partial charge in [0.25, 0.3) is 0 Å². The summed E-state index contributed by atoms with van der Waals surface area (Å²) >= 11 is 0. The highest BCUT2D eigenvalue weighted by molar-refractivity contribution is 6.40. The van der Waals surface area contributed by atoms with Gasteiger partial charge in [-0.3, -0.25) is 4.79 Å². The zero-order chi connectivity index (χ0) is 13.6. The van der Waals surface area contributed by atoms with Gasteiger partial charge in [-0.15, -0.1) is 0 Å². The van der Waals surface area contributed by atoms with Crippen LogP contribution in [0.5, 0.6) is 0 Å². The Morgan fingerprint density at radius 3 is 2.24 bits per heavy atom. The fraction of sp³-hybridized carbons (Fsp3) is 0.700. The third-order valence-electron chi connectivity index (χ3n) is 2.01. The summed E-state index contributed by atoms with van der Waals surface area (Å²) in [4.78, 5) is 25.0. The van der Waals surface area contributed by atoms with E-state index in [9.17, 15) is 22.8 Å². The molecular weight excluding hydrogens is 239 g/mol. The van der Waals surface area contributed by atoms with Crippen LogP contribution in [0.4, 0.5) is 13.2 Å². The molecule has 0 radical (unpaired) electrons. The quantitative estimate of drug-likeness (QED) is 0.569. The summed E-state index contributed by atoms with van der Waals surface area (Å²) < 4.78 is 41.1. The SMILES string of the molecule is CCCC(C)C(=O)/N=C(/C(=O)OC)C(F)(F)F. The number of aliphatic imine (C=N–C) groups is 1. The van der Waals surface area contributed by atoms with Crippen molar-refractivity contribution >= 4 is 17.6 Å². The van der Waals surface area contributed by atoms with Crippen LogP contribution < -0.4 is 0 Å². The molecule has 0 aliphatic carbocycles. The van der Waals surface area contributed by atoms with Gasteiger partial charge in [0, 0.05) is 5.92 Å². The van der Waals surface area contributed by atoms with Crippen molar-refractivity contribution < 1.29 is 27.5 Å². The second kappa shape index (κ2) is 6.36.